The Bertz CT molecular complexity index is 965. The van der Waals surface area contributed by atoms with Crippen LogP contribution in [0.15, 0.2) is 53.9 Å². The molecule has 0 radical (unpaired) electrons. The van der Waals surface area contributed by atoms with E-state index < -0.39 is 15.9 Å². The van der Waals surface area contributed by atoms with Crippen LogP contribution < -0.4 is 10.2 Å². The van der Waals surface area contributed by atoms with E-state index >= 15 is 0 Å². The Morgan fingerprint density at radius 2 is 1.78 bits per heavy atom. The summed E-state index contributed by atoms with van der Waals surface area (Å²) in [5.41, 5.74) is 3.49. The molecule has 27 heavy (non-hydrogen) atoms. The number of hydrogen-bond donors (Lipinski definition) is 1. The fourth-order valence-corrected chi connectivity index (χ4v) is 4.55. The maximum Gasteiger partial charge on any atom is 0.246 e. The SMILES string of the molecule is Cc1cc(C)cc(N(C(=O)CNc2ccc(Cl)cc2)[C@@H]2C=CS(=O)(=O)C2)c1. The average molecular weight is 405 g/mol. The molecular formula is C20H21ClN2O3S. The molecule has 0 saturated heterocycles. The molecule has 1 amide bonds. The number of nitrogens with one attached hydrogen (secondary N) is 1. The number of benzene rings is 2. The minimum Gasteiger partial charge on any atom is -0.376 e. The first-order chi connectivity index (χ1) is 12.7. The summed E-state index contributed by atoms with van der Waals surface area (Å²) in [6.07, 6.45) is 1.58. The second kappa shape index (κ2) is 7.74. The van der Waals surface area contributed by atoms with Crippen LogP contribution in [0.1, 0.15) is 11.1 Å². The van der Waals surface area contributed by atoms with Crippen LogP contribution in [0.25, 0.3) is 0 Å². The first-order valence-electron chi connectivity index (χ1n) is 8.54. The van der Waals surface area contributed by atoms with Crippen LogP contribution in [0.5, 0.6) is 0 Å². The lowest BCUT2D eigenvalue weighted by molar-refractivity contribution is -0.117. The monoisotopic (exact) mass is 404 g/mol. The summed E-state index contributed by atoms with van der Waals surface area (Å²) in [5.74, 6) is -0.311. The van der Waals surface area contributed by atoms with E-state index in [9.17, 15) is 13.2 Å². The number of sulfone groups is 1. The molecule has 0 spiro atoms. The third-order valence-electron chi connectivity index (χ3n) is 4.28. The Labute approximate surface area is 164 Å². The van der Waals surface area contributed by atoms with Gasteiger partial charge in [0.2, 0.25) is 5.91 Å². The van der Waals surface area contributed by atoms with Crippen molar-refractivity contribution in [2.45, 2.75) is 19.9 Å². The number of aryl methyl sites for hydroxylation is 2. The van der Waals surface area contributed by atoms with E-state index in [0.717, 1.165) is 16.8 Å². The highest BCUT2D eigenvalue weighted by Gasteiger charge is 2.31. The molecule has 142 valence electrons. The summed E-state index contributed by atoms with van der Waals surface area (Å²) < 4.78 is 23.8. The van der Waals surface area contributed by atoms with Crippen LogP contribution in [-0.2, 0) is 14.6 Å². The Balaban J connectivity index is 1.85. The number of carbonyl (C=O) groups excluding carboxylic acids is 1. The number of carbonyl (C=O) groups is 1. The van der Waals surface area contributed by atoms with Gasteiger partial charge >= 0.3 is 0 Å². The van der Waals surface area contributed by atoms with Gasteiger partial charge in [-0.25, -0.2) is 8.42 Å². The first kappa shape index (κ1) is 19.5. The maximum absolute atomic E-state index is 13.0. The van der Waals surface area contributed by atoms with Gasteiger partial charge in [0, 0.05) is 21.8 Å². The number of halogens is 1. The summed E-state index contributed by atoms with van der Waals surface area (Å²) >= 11 is 5.88. The van der Waals surface area contributed by atoms with Crippen molar-refractivity contribution < 1.29 is 13.2 Å². The first-order valence-corrected chi connectivity index (χ1v) is 10.6. The van der Waals surface area contributed by atoms with E-state index in [4.69, 9.17) is 11.6 Å². The van der Waals surface area contributed by atoms with E-state index in [2.05, 4.69) is 5.32 Å². The Hall–Kier alpha value is -2.31. The van der Waals surface area contributed by atoms with E-state index in [-0.39, 0.29) is 18.2 Å². The molecule has 5 nitrogen and oxygen atoms in total. The number of hydrogen-bond acceptors (Lipinski definition) is 4. The highest BCUT2D eigenvalue weighted by Crippen LogP contribution is 2.25. The largest absolute Gasteiger partial charge is 0.376 e. The molecule has 0 bridgehead atoms. The molecule has 2 aromatic carbocycles. The van der Waals surface area contributed by atoms with E-state index in [1.54, 1.807) is 35.2 Å². The molecule has 0 fully saturated rings. The smallest absolute Gasteiger partial charge is 0.246 e. The second-order valence-corrected chi connectivity index (χ2v) is 9.06. The molecular weight excluding hydrogens is 384 g/mol. The molecule has 0 unspecified atom stereocenters. The zero-order valence-corrected chi connectivity index (χ0v) is 16.7. The van der Waals surface area contributed by atoms with Gasteiger partial charge < -0.3 is 10.2 Å². The zero-order valence-electron chi connectivity index (χ0n) is 15.1. The molecule has 3 rings (SSSR count). The minimum atomic E-state index is -3.28. The van der Waals surface area contributed by atoms with Crippen molar-refractivity contribution in [2.24, 2.45) is 0 Å². The van der Waals surface area contributed by atoms with Crippen molar-refractivity contribution in [2.75, 3.05) is 22.5 Å². The van der Waals surface area contributed by atoms with Crippen molar-refractivity contribution in [3.63, 3.8) is 0 Å². The van der Waals surface area contributed by atoms with Gasteiger partial charge in [-0.1, -0.05) is 17.7 Å². The fraction of sp³-hybridized carbons (Fsp3) is 0.250. The number of amides is 1. The van der Waals surface area contributed by atoms with Crippen LogP contribution in [0.2, 0.25) is 5.02 Å². The van der Waals surface area contributed by atoms with Crippen LogP contribution in [-0.4, -0.2) is 32.7 Å². The summed E-state index contributed by atoms with van der Waals surface area (Å²) in [6, 6.07) is 12.3. The molecule has 0 aromatic heterocycles. The van der Waals surface area contributed by atoms with Crippen molar-refractivity contribution in [3.05, 3.63) is 70.1 Å². The molecule has 1 N–H and O–H groups in total. The van der Waals surface area contributed by atoms with Gasteiger partial charge in [-0.15, -0.1) is 0 Å². The molecule has 1 aliphatic rings. The van der Waals surface area contributed by atoms with Crippen molar-refractivity contribution >= 4 is 38.7 Å². The van der Waals surface area contributed by atoms with Gasteiger partial charge in [-0.2, -0.15) is 0 Å². The van der Waals surface area contributed by atoms with Gasteiger partial charge in [0.1, 0.15) is 0 Å². The van der Waals surface area contributed by atoms with Crippen molar-refractivity contribution in [1.82, 2.24) is 0 Å². The van der Waals surface area contributed by atoms with Gasteiger partial charge in [0.15, 0.2) is 9.84 Å². The zero-order chi connectivity index (χ0) is 19.6. The third kappa shape index (κ3) is 4.90. The molecule has 2 aromatic rings. The highest BCUT2D eigenvalue weighted by atomic mass is 35.5. The predicted molar refractivity (Wildman–Crippen MR) is 110 cm³/mol. The number of nitrogens with zero attached hydrogens (tertiary/aromatic N) is 1. The van der Waals surface area contributed by atoms with Crippen LogP contribution >= 0.6 is 11.6 Å². The van der Waals surface area contributed by atoms with Gasteiger partial charge in [0.05, 0.1) is 18.3 Å². The van der Waals surface area contributed by atoms with E-state index in [1.807, 2.05) is 32.0 Å². The Kier molecular flexibility index (Phi) is 5.58. The van der Waals surface area contributed by atoms with E-state index in [0.29, 0.717) is 10.7 Å². The minimum absolute atomic E-state index is 0.0407. The molecule has 0 aliphatic carbocycles. The van der Waals surface area contributed by atoms with Gasteiger partial charge in [-0.3, -0.25) is 4.79 Å². The summed E-state index contributed by atoms with van der Waals surface area (Å²) in [7, 11) is -3.28. The maximum atomic E-state index is 13.0. The molecule has 0 saturated carbocycles. The van der Waals surface area contributed by atoms with E-state index in [1.165, 1.54) is 5.41 Å². The predicted octanol–water partition coefficient (Wildman–Crippen LogP) is 3.71. The lowest BCUT2D eigenvalue weighted by Gasteiger charge is -2.28. The van der Waals surface area contributed by atoms with Crippen LogP contribution in [0.4, 0.5) is 11.4 Å². The lowest BCUT2D eigenvalue weighted by Crippen LogP contribution is -2.44. The van der Waals surface area contributed by atoms with Crippen molar-refractivity contribution in [3.8, 4) is 0 Å². The topological polar surface area (TPSA) is 66.5 Å². The summed E-state index contributed by atoms with van der Waals surface area (Å²) in [6.45, 7) is 3.94. The highest BCUT2D eigenvalue weighted by molar-refractivity contribution is 7.94. The lowest BCUT2D eigenvalue weighted by atomic mass is 10.1. The average Bonchev–Trinajstić information content (AvgIpc) is 2.93. The van der Waals surface area contributed by atoms with Crippen molar-refractivity contribution in [1.29, 1.82) is 0 Å². The normalized spacial score (nSPS) is 17.7. The fourth-order valence-electron chi connectivity index (χ4n) is 3.16. The Morgan fingerprint density at radius 1 is 1.15 bits per heavy atom. The summed E-state index contributed by atoms with van der Waals surface area (Å²) in [4.78, 5) is 14.6. The summed E-state index contributed by atoms with van der Waals surface area (Å²) in [5, 5.41) is 4.88. The molecule has 1 heterocycles. The third-order valence-corrected chi connectivity index (χ3v) is 5.91. The van der Waals surface area contributed by atoms with Gasteiger partial charge in [0.25, 0.3) is 0 Å². The number of rotatable bonds is 5. The van der Waals surface area contributed by atoms with Crippen LogP contribution in [0.3, 0.4) is 0 Å². The van der Waals surface area contributed by atoms with Gasteiger partial charge in [-0.05, 0) is 67.4 Å². The standard InChI is InChI=1S/C20H21ClN2O3S/c1-14-9-15(2)11-19(10-14)23(18-7-8-27(25,26)13-18)20(24)12-22-17-5-3-16(21)4-6-17/h3-11,18,22H,12-13H2,1-2H3/t18-/m1/s1. The molecule has 1 aliphatic heterocycles. The quantitative estimate of drug-likeness (QED) is 0.824. The second-order valence-electron chi connectivity index (χ2n) is 6.70. The van der Waals surface area contributed by atoms with Crippen LogP contribution in [0, 0.1) is 13.8 Å². The number of anilines is 2. The Morgan fingerprint density at radius 3 is 2.33 bits per heavy atom. The molecule has 1 atom stereocenters. The molecule has 7 heteroatoms.